The maximum absolute atomic E-state index is 12.0. The number of carboxylic acid groups (broad SMARTS) is 1. The summed E-state index contributed by atoms with van der Waals surface area (Å²) >= 11 is 0. The van der Waals surface area contributed by atoms with Crippen molar-refractivity contribution in [2.24, 2.45) is 5.92 Å². The van der Waals surface area contributed by atoms with Crippen molar-refractivity contribution in [3.8, 4) is 0 Å². The number of nitrogens with zero attached hydrogens (tertiary/aromatic N) is 1. The van der Waals surface area contributed by atoms with Gasteiger partial charge in [-0.3, -0.25) is 4.79 Å². The quantitative estimate of drug-likeness (QED) is 0.752. The highest BCUT2D eigenvalue weighted by Gasteiger charge is 2.31. The van der Waals surface area contributed by atoms with Crippen LogP contribution < -0.4 is 5.32 Å². The van der Waals surface area contributed by atoms with Gasteiger partial charge in [0.05, 0.1) is 5.56 Å². The Morgan fingerprint density at radius 1 is 1.45 bits per heavy atom. The molecule has 1 aromatic heterocycles. The van der Waals surface area contributed by atoms with E-state index in [1.54, 1.807) is 0 Å². The zero-order chi connectivity index (χ0) is 16.5. The molecule has 0 aliphatic heterocycles. The third kappa shape index (κ3) is 3.66. The molecule has 0 radical (unpaired) electrons. The summed E-state index contributed by atoms with van der Waals surface area (Å²) in [7, 11) is -1.09. The molecule has 8 nitrogen and oxygen atoms in total. The number of amides is 1. The van der Waals surface area contributed by atoms with Gasteiger partial charge in [0.2, 0.25) is 5.09 Å². The van der Waals surface area contributed by atoms with Gasteiger partial charge in [0, 0.05) is 20.2 Å². The fraction of sp³-hybridized carbons (Fsp3) is 0.538. The minimum absolute atomic E-state index is 0.0255. The van der Waals surface area contributed by atoms with Crippen molar-refractivity contribution in [2.75, 3.05) is 14.1 Å². The van der Waals surface area contributed by atoms with E-state index in [1.807, 2.05) is 0 Å². The molecule has 22 heavy (non-hydrogen) atoms. The summed E-state index contributed by atoms with van der Waals surface area (Å²) in [4.78, 5) is 23.2. The fourth-order valence-corrected chi connectivity index (χ4v) is 2.71. The lowest BCUT2D eigenvalue weighted by molar-refractivity contribution is -0.139. The molecule has 1 aliphatic carbocycles. The lowest BCUT2D eigenvalue weighted by atomic mass is 10.1. The summed E-state index contributed by atoms with van der Waals surface area (Å²) in [6.07, 6.45) is 3.32. The van der Waals surface area contributed by atoms with Gasteiger partial charge >= 0.3 is 5.97 Å². The van der Waals surface area contributed by atoms with Crippen LogP contribution in [0, 0.1) is 5.92 Å². The van der Waals surface area contributed by atoms with Crippen LogP contribution in [-0.4, -0.2) is 49.8 Å². The van der Waals surface area contributed by atoms with Gasteiger partial charge < -0.3 is 14.8 Å². The summed E-state index contributed by atoms with van der Waals surface area (Å²) in [6.45, 7) is 0. The van der Waals surface area contributed by atoms with Crippen LogP contribution in [0.25, 0.3) is 0 Å². The molecule has 1 atom stereocenters. The van der Waals surface area contributed by atoms with Crippen LogP contribution in [0.4, 0.5) is 0 Å². The number of rotatable bonds is 7. The van der Waals surface area contributed by atoms with Gasteiger partial charge in [-0.2, -0.15) is 0 Å². The first-order valence-electron chi connectivity index (χ1n) is 6.76. The molecular weight excluding hydrogens is 312 g/mol. The highest BCUT2D eigenvalue weighted by atomic mass is 32.2. The lowest BCUT2D eigenvalue weighted by Crippen LogP contribution is -2.41. The van der Waals surface area contributed by atoms with Crippen molar-refractivity contribution in [3.05, 3.63) is 17.9 Å². The van der Waals surface area contributed by atoms with E-state index in [4.69, 9.17) is 9.52 Å². The van der Waals surface area contributed by atoms with Crippen LogP contribution in [0.3, 0.4) is 0 Å². The molecule has 0 aromatic carbocycles. The van der Waals surface area contributed by atoms with Crippen LogP contribution in [0.1, 0.15) is 29.6 Å². The number of furan rings is 1. The Hall–Kier alpha value is -1.87. The van der Waals surface area contributed by atoms with E-state index in [2.05, 4.69) is 5.32 Å². The minimum atomic E-state index is -3.77. The average Bonchev–Trinajstić information content (AvgIpc) is 3.09. The van der Waals surface area contributed by atoms with E-state index < -0.39 is 27.9 Å². The number of carbonyl (C=O) groups excluding carboxylic acids is 1. The van der Waals surface area contributed by atoms with Gasteiger partial charge in [-0.25, -0.2) is 17.5 Å². The number of carboxylic acids is 1. The average molecular weight is 330 g/mol. The standard InChI is InChI=1S/C13H18N2O6S/c1-15(2)22(19,20)11-6-9(7-21-11)12(16)14-10(13(17)18)5-8-3-4-8/h6-8,10H,3-5H2,1-2H3,(H,14,16)(H,17,18). The second-order valence-electron chi connectivity index (χ2n) is 5.49. The van der Waals surface area contributed by atoms with Crippen molar-refractivity contribution in [1.82, 2.24) is 9.62 Å². The van der Waals surface area contributed by atoms with Crippen LogP contribution in [0.2, 0.25) is 0 Å². The van der Waals surface area contributed by atoms with E-state index in [-0.39, 0.29) is 10.7 Å². The summed E-state index contributed by atoms with van der Waals surface area (Å²) in [5.74, 6) is -1.45. The highest BCUT2D eigenvalue weighted by Crippen LogP contribution is 2.33. The summed E-state index contributed by atoms with van der Waals surface area (Å²) in [5.41, 5.74) is -0.0255. The first-order valence-corrected chi connectivity index (χ1v) is 8.20. The predicted molar refractivity (Wildman–Crippen MR) is 75.8 cm³/mol. The van der Waals surface area contributed by atoms with Crippen LogP contribution in [0.15, 0.2) is 21.8 Å². The van der Waals surface area contributed by atoms with Gasteiger partial charge in [0.15, 0.2) is 0 Å². The van der Waals surface area contributed by atoms with Crippen molar-refractivity contribution in [3.63, 3.8) is 0 Å². The van der Waals surface area contributed by atoms with Crippen LogP contribution >= 0.6 is 0 Å². The topological polar surface area (TPSA) is 117 Å². The van der Waals surface area contributed by atoms with Gasteiger partial charge in [-0.15, -0.1) is 0 Å². The minimum Gasteiger partial charge on any atom is -0.480 e. The Balaban J connectivity index is 2.09. The molecule has 0 saturated heterocycles. The SMILES string of the molecule is CN(C)S(=O)(=O)c1cc(C(=O)NC(CC2CC2)C(=O)O)co1. The van der Waals surface area contributed by atoms with Gasteiger partial charge in [-0.1, -0.05) is 12.8 Å². The molecule has 0 bridgehead atoms. The fourth-order valence-electron chi connectivity index (χ4n) is 1.90. The second kappa shape index (κ2) is 6.09. The monoisotopic (exact) mass is 330 g/mol. The van der Waals surface area contributed by atoms with E-state index in [9.17, 15) is 18.0 Å². The molecule has 1 amide bonds. The Bertz CT molecular complexity index is 674. The Morgan fingerprint density at radius 3 is 2.59 bits per heavy atom. The molecule has 1 unspecified atom stereocenters. The second-order valence-corrected chi connectivity index (χ2v) is 7.57. The van der Waals surface area contributed by atoms with E-state index in [0.29, 0.717) is 12.3 Å². The van der Waals surface area contributed by atoms with Crippen LogP contribution in [-0.2, 0) is 14.8 Å². The Kier molecular flexibility index (Phi) is 4.57. The van der Waals surface area contributed by atoms with Crippen molar-refractivity contribution in [2.45, 2.75) is 30.4 Å². The predicted octanol–water partition coefficient (Wildman–Crippen LogP) is 0.513. The Morgan fingerprint density at radius 2 is 2.09 bits per heavy atom. The number of carbonyl (C=O) groups is 2. The zero-order valence-corrected chi connectivity index (χ0v) is 13.1. The third-order valence-electron chi connectivity index (χ3n) is 3.44. The third-order valence-corrected chi connectivity index (χ3v) is 5.13. The zero-order valence-electron chi connectivity index (χ0n) is 12.3. The molecule has 1 fully saturated rings. The molecule has 0 spiro atoms. The number of aliphatic carboxylic acids is 1. The van der Waals surface area contributed by atoms with Crippen molar-refractivity contribution < 1.29 is 27.5 Å². The first kappa shape index (κ1) is 16.5. The molecule has 1 aromatic rings. The Labute approximate surface area is 128 Å². The molecule has 1 saturated carbocycles. The smallest absolute Gasteiger partial charge is 0.326 e. The van der Waals surface area contributed by atoms with Crippen molar-refractivity contribution >= 4 is 21.9 Å². The van der Waals surface area contributed by atoms with Gasteiger partial charge in [-0.05, 0) is 12.3 Å². The lowest BCUT2D eigenvalue weighted by Gasteiger charge is -2.13. The molecule has 2 N–H and O–H groups in total. The normalized spacial score (nSPS) is 16.5. The molecule has 122 valence electrons. The highest BCUT2D eigenvalue weighted by molar-refractivity contribution is 7.88. The van der Waals surface area contributed by atoms with E-state index in [1.165, 1.54) is 14.1 Å². The number of nitrogens with one attached hydrogen (secondary N) is 1. The molecule has 1 aliphatic rings. The van der Waals surface area contributed by atoms with Crippen LogP contribution in [0.5, 0.6) is 0 Å². The summed E-state index contributed by atoms with van der Waals surface area (Å²) in [5, 5.41) is 11.1. The maximum atomic E-state index is 12.0. The summed E-state index contributed by atoms with van der Waals surface area (Å²) in [6, 6.07) is 0.101. The molecule has 9 heteroatoms. The van der Waals surface area contributed by atoms with E-state index >= 15 is 0 Å². The number of hydrogen-bond acceptors (Lipinski definition) is 5. The first-order chi connectivity index (χ1) is 10.2. The van der Waals surface area contributed by atoms with Gasteiger partial charge in [0.1, 0.15) is 12.3 Å². The summed E-state index contributed by atoms with van der Waals surface area (Å²) < 4.78 is 29.6. The van der Waals surface area contributed by atoms with E-state index in [0.717, 1.165) is 29.5 Å². The molecule has 1 heterocycles. The largest absolute Gasteiger partial charge is 0.480 e. The van der Waals surface area contributed by atoms with Gasteiger partial charge in [0.25, 0.3) is 15.9 Å². The number of sulfonamides is 1. The molecular formula is C13H18N2O6S. The van der Waals surface area contributed by atoms with Crippen molar-refractivity contribution in [1.29, 1.82) is 0 Å². The maximum Gasteiger partial charge on any atom is 0.326 e. The number of hydrogen-bond donors (Lipinski definition) is 2. The molecule has 2 rings (SSSR count).